The second-order valence-electron chi connectivity index (χ2n) is 18.3. The maximum atomic E-state index is 13.7. The minimum atomic E-state index is -0.895. The summed E-state index contributed by atoms with van der Waals surface area (Å²) in [5, 5.41) is 22.5. The molecule has 7 fully saturated rings. The highest BCUT2D eigenvalue weighted by atomic mass is 16.6. The first-order valence-electron chi connectivity index (χ1n) is 20.1. The van der Waals surface area contributed by atoms with Gasteiger partial charge in [0.25, 0.3) is 0 Å². The third-order valence-corrected chi connectivity index (χ3v) is 16.3. The summed E-state index contributed by atoms with van der Waals surface area (Å²) in [6.07, 6.45) is 10.3. The van der Waals surface area contributed by atoms with E-state index in [0.29, 0.717) is 49.6 Å². The van der Waals surface area contributed by atoms with E-state index in [2.05, 4.69) is 14.0 Å². The van der Waals surface area contributed by atoms with Gasteiger partial charge in [-0.05, 0) is 92.6 Å². The number of hydrogen-bond donors (Lipinski definition) is 2. The summed E-state index contributed by atoms with van der Waals surface area (Å²) in [6, 6.07) is 9.21. The second-order valence-corrected chi connectivity index (χ2v) is 18.3. The van der Waals surface area contributed by atoms with Crippen molar-refractivity contribution in [2.24, 2.45) is 34.5 Å². The first-order valence-corrected chi connectivity index (χ1v) is 20.1. The molecule has 11 heteroatoms. The molecule has 2 N–H and O–H groups in total. The normalized spacial score (nSPS) is 46.8. The third-order valence-electron chi connectivity index (χ3n) is 16.3. The molecular formula is C42H54NO10+. The number of hydrogen-bond acceptors (Lipinski definition) is 10. The van der Waals surface area contributed by atoms with Crippen LogP contribution in [0.4, 0.5) is 0 Å². The number of morpholine rings is 1. The van der Waals surface area contributed by atoms with Gasteiger partial charge >= 0.3 is 17.9 Å². The molecule has 0 radical (unpaired) electrons. The lowest BCUT2D eigenvalue weighted by atomic mass is 9.43. The lowest BCUT2D eigenvalue weighted by Gasteiger charge is -2.63. The summed E-state index contributed by atoms with van der Waals surface area (Å²) in [7, 11) is 2.10. The quantitative estimate of drug-likeness (QED) is 0.126. The van der Waals surface area contributed by atoms with Crippen molar-refractivity contribution in [2.75, 3.05) is 26.8 Å². The molecule has 13 atom stereocenters. The van der Waals surface area contributed by atoms with Crippen LogP contribution in [-0.4, -0.2) is 108 Å². The highest BCUT2D eigenvalue weighted by molar-refractivity contribution is 5.85. The summed E-state index contributed by atoms with van der Waals surface area (Å²) in [5.74, 6) is -1.36. The van der Waals surface area contributed by atoms with Crippen molar-refractivity contribution in [3.63, 3.8) is 0 Å². The van der Waals surface area contributed by atoms with Crippen LogP contribution in [0.5, 0.6) is 0 Å². The summed E-state index contributed by atoms with van der Waals surface area (Å²) in [4.78, 5) is 52.0. The number of aliphatic hydroxyl groups is 2. The van der Waals surface area contributed by atoms with Crippen molar-refractivity contribution in [1.82, 2.24) is 0 Å². The zero-order valence-corrected chi connectivity index (χ0v) is 30.9. The molecule has 1 aromatic carbocycles. The number of quaternary nitrogens is 1. The van der Waals surface area contributed by atoms with Gasteiger partial charge in [0.15, 0.2) is 6.54 Å². The Hall–Kier alpha value is -3.12. The van der Waals surface area contributed by atoms with Crippen LogP contribution < -0.4 is 0 Å². The van der Waals surface area contributed by atoms with Gasteiger partial charge in [0.05, 0.1) is 19.3 Å². The number of aldehydes is 1. The van der Waals surface area contributed by atoms with Gasteiger partial charge in [0, 0.05) is 29.7 Å². The number of ether oxygens (including phenoxy) is 4. The molecule has 53 heavy (non-hydrogen) atoms. The number of benzene rings is 1. The lowest BCUT2D eigenvalue weighted by molar-refractivity contribution is -0.949. The third kappa shape index (κ3) is 5.34. The molecule has 0 aromatic heterocycles. The maximum Gasteiger partial charge on any atom is 0.362 e. The van der Waals surface area contributed by atoms with Crippen LogP contribution >= 0.6 is 0 Å². The van der Waals surface area contributed by atoms with Crippen LogP contribution in [0.3, 0.4) is 0 Å². The number of piperidine rings is 1. The van der Waals surface area contributed by atoms with E-state index in [4.69, 9.17) is 18.9 Å². The van der Waals surface area contributed by atoms with Crippen LogP contribution in [-0.2, 0) is 38.1 Å². The first-order chi connectivity index (χ1) is 25.4. The number of fused-ring (bicyclic) bond motifs is 10. The highest BCUT2D eigenvalue weighted by Gasteiger charge is 2.73. The zero-order valence-electron chi connectivity index (χ0n) is 30.9. The number of carbonyl (C=O) groups excluding carboxylic acids is 4. The number of esters is 3. The minimum Gasteiger partial charge on any atom is -0.461 e. The van der Waals surface area contributed by atoms with Gasteiger partial charge < -0.3 is 38.4 Å². The molecule has 8 aliphatic rings. The van der Waals surface area contributed by atoms with Crippen LogP contribution in [0, 0.1) is 34.5 Å². The largest absolute Gasteiger partial charge is 0.461 e. The molecule has 1 aromatic rings. The minimum absolute atomic E-state index is 0.00805. The highest BCUT2D eigenvalue weighted by Crippen LogP contribution is 2.69. The fourth-order valence-corrected chi connectivity index (χ4v) is 13.5. The number of aliphatic hydroxyl groups excluding tert-OH is 1. The molecule has 3 saturated heterocycles. The smallest absolute Gasteiger partial charge is 0.362 e. The Balaban J connectivity index is 0.830. The topological polar surface area (TPSA) is 149 Å². The summed E-state index contributed by atoms with van der Waals surface area (Å²) in [5.41, 5.74) is -0.0540. The molecular weight excluding hydrogens is 678 g/mol. The molecule has 0 unspecified atom stereocenters. The summed E-state index contributed by atoms with van der Waals surface area (Å²) in [6.45, 7) is 2.41. The van der Waals surface area contributed by atoms with Crippen molar-refractivity contribution in [3.8, 4) is 0 Å². The Bertz CT molecular complexity index is 1680. The molecule has 4 aliphatic heterocycles. The molecule has 4 aliphatic carbocycles. The zero-order chi connectivity index (χ0) is 36.9. The van der Waals surface area contributed by atoms with Crippen molar-refractivity contribution in [1.29, 1.82) is 0 Å². The Morgan fingerprint density at radius 2 is 1.72 bits per heavy atom. The maximum absolute atomic E-state index is 13.7. The number of epoxide rings is 1. The van der Waals surface area contributed by atoms with Gasteiger partial charge in [-0.15, -0.1) is 0 Å². The van der Waals surface area contributed by atoms with Gasteiger partial charge in [0.2, 0.25) is 0 Å². The SMILES string of the molecule is C[C@]12CC[C@@H]3[C@H](CC[C@H]4C[C@@H](OC(=O)C[N+]5(C)[C@H]6CC(OC(=O)[C@@H](CO)c7ccccc7)C[C@H]5[C@@H]5O[C@H]56)CC[C@@]43C=O)[C@@]1(O)CC[C@H]2C1=CC(=O)OC1. The van der Waals surface area contributed by atoms with E-state index in [0.717, 1.165) is 43.2 Å². The summed E-state index contributed by atoms with van der Waals surface area (Å²) >= 11 is 0. The molecule has 0 amide bonds. The van der Waals surface area contributed by atoms with Crippen molar-refractivity contribution in [2.45, 2.75) is 126 Å². The molecule has 4 saturated carbocycles. The fraction of sp³-hybridized carbons (Fsp3) is 0.714. The standard InChI is InChI=1S/C42H54NO10/c1-40-13-11-31-32(42(40,49)15-12-30(40)25-16-35(46)50-22-25)9-8-26-17-27(10-14-41(26,31)23-45)51-36(47)20-43(2)33-18-28(19-34(43)38-37(33)53-38)52-39(48)29(21-44)24-6-4-3-5-7-24/h3-7,16,23,26-34,37-38,44,49H,8-15,17-22H2,1-2H3/q+1/t26-,27-,28?,29-,30-,31+,32-,33-,34-,37-,38-,40+,41+,42-,43?/m0/s1. The van der Waals surface area contributed by atoms with Crippen LogP contribution in [0.1, 0.15) is 89.0 Å². The van der Waals surface area contributed by atoms with E-state index in [-0.39, 0.29) is 90.7 Å². The number of cyclic esters (lactones) is 1. The van der Waals surface area contributed by atoms with Gasteiger partial charge in [-0.3, -0.25) is 4.79 Å². The van der Waals surface area contributed by atoms with Gasteiger partial charge in [-0.2, -0.15) is 0 Å². The van der Waals surface area contributed by atoms with Crippen LogP contribution in [0.15, 0.2) is 42.0 Å². The Morgan fingerprint density at radius 3 is 2.40 bits per heavy atom. The Morgan fingerprint density at radius 1 is 0.962 bits per heavy atom. The number of nitrogens with zero attached hydrogens (tertiary/aromatic N) is 1. The Labute approximate surface area is 310 Å². The van der Waals surface area contributed by atoms with E-state index in [1.165, 1.54) is 6.29 Å². The summed E-state index contributed by atoms with van der Waals surface area (Å²) < 4.78 is 24.1. The monoisotopic (exact) mass is 732 g/mol. The lowest BCUT2D eigenvalue weighted by Crippen LogP contribution is -2.64. The van der Waals surface area contributed by atoms with Gasteiger partial charge in [0.1, 0.15) is 55.3 Å². The molecule has 2 bridgehead atoms. The van der Waals surface area contributed by atoms with Crippen LogP contribution in [0.2, 0.25) is 0 Å². The van der Waals surface area contributed by atoms with Gasteiger partial charge in [-0.25, -0.2) is 9.59 Å². The van der Waals surface area contributed by atoms with E-state index >= 15 is 0 Å². The molecule has 286 valence electrons. The molecule has 4 heterocycles. The van der Waals surface area contributed by atoms with Crippen molar-refractivity contribution in [3.05, 3.63) is 47.5 Å². The van der Waals surface area contributed by atoms with Gasteiger partial charge in [-0.1, -0.05) is 37.3 Å². The first kappa shape index (κ1) is 35.6. The fourth-order valence-electron chi connectivity index (χ4n) is 13.5. The van der Waals surface area contributed by atoms with E-state index in [1.54, 1.807) is 6.08 Å². The van der Waals surface area contributed by atoms with Crippen LogP contribution in [0.25, 0.3) is 0 Å². The number of carbonyl (C=O) groups is 4. The van der Waals surface area contributed by atoms with E-state index in [9.17, 15) is 29.4 Å². The predicted octanol–water partition coefficient (Wildman–Crippen LogP) is 3.78. The van der Waals surface area contributed by atoms with E-state index in [1.807, 2.05) is 30.3 Å². The molecule has 0 spiro atoms. The Kier molecular flexibility index (Phi) is 8.53. The molecule has 11 nitrogen and oxygen atoms in total. The van der Waals surface area contributed by atoms with Crippen molar-refractivity contribution >= 4 is 24.2 Å². The number of rotatable bonds is 9. The second kappa shape index (κ2) is 12.7. The molecule has 9 rings (SSSR count). The average Bonchev–Trinajstić information content (AvgIpc) is 3.69. The van der Waals surface area contributed by atoms with E-state index < -0.39 is 22.9 Å². The average molecular weight is 733 g/mol. The predicted molar refractivity (Wildman–Crippen MR) is 189 cm³/mol. The van der Waals surface area contributed by atoms with Crippen molar-refractivity contribution < 1.29 is 52.8 Å². The number of likely N-dealkylation sites (N-methyl/N-ethyl adjacent to an activating group) is 1.